The van der Waals surface area contributed by atoms with Gasteiger partial charge in [0.05, 0.1) is 12.6 Å². The van der Waals surface area contributed by atoms with Crippen LogP contribution in [0.4, 0.5) is 9.18 Å². The molecule has 112 valence electrons. The van der Waals surface area contributed by atoms with Crippen LogP contribution in [-0.2, 0) is 6.42 Å². The summed E-state index contributed by atoms with van der Waals surface area (Å²) >= 11 is 0. The molecule has 2 atom stereocenters. The summed E-state index contributed by atoms with van der Waals surface area (Å²) in [7, 11) is 0. The van der Waals surface area contributed by atoms with Crippen molar-refractivity contribution in [2.75, 3.05) is 6.61 Å². The first kappa shape index (κ1) is 16.4. The first-order valence-electron chi connectivity index (χ1n) is 6.84. The Hall–Kier alpha value is -1.62. The number of rotatable bonds is 6. The fourth-order valence-electron chi connectivity index (χ4n) is 1.93. The number of amides is 2. The first-order valence-corrected chi connectivity index (χ1v) is 6.84. The molecule has 0 aliphatic carbocycles. The third-order valence-corrected chi connectivity index (χ3v) is 3.13. The van der Waals surface area contributed by atoms with Gasteiger partial charge in [-0.15, -0.1) is 0 Å². The smallest absolute Gasteiger partial charge is 0.315 e. The van der Waals surface area contributed by atoms with Crippen LogP contribution in [0.1, 0.15) is 26.3 Å². The molecule has 2 amide bonds. The molecule has 0 spiro atoms. The Labute approximate surface area is 119 Å². The molecule has 0 saturated carbocycles. The topological polar surface area (TPSA) is 61.4 Å². The summed E-state index contributed by atoms with van der Waals surface area (Å²) in [6.45, 7) is 5.62. The van der Waals surface area contributed by atoms with E-state index in [9.17, 15) is 9.18 Å². The maximum Gasteiger partial charge on any atom is 0.315 e. The summed E-state index contributed by atoms with van der Waals surface area (Å²) in [5.74, 6) is -0.122. The zero-order chi connectivity index (χ0) is 15.1. The minimum absolute atomic E-state index is 0.0939. The van der Waals surface area contributed by atoms with Crippen LogP contribution >= 0.6 is 0 Å². The Balaban J connectivity index is 2.45. The van der Waals surface area contributed by atoms with E-state index in [1.165, 1.54) is 12.1 Å². The number of hydrogen-bond donors (Lipinski definition) is 3. The van der Waals surface area contributed by atoms with Crippen LogP contribution < -0.4 is 10.6 Å². The SMILES string of the molecule is CC(Cc1cccc(F)c1)NC(=O)N[C@H](CO)C(C)C. The molecule has 0 bridgehead atoms. The van der Waals surface area contributed by atoms with E-state index in [1.807, 2.05) is 26.8 Å². The summed E-state index contributed by atoms with van der Waals surface area (Å²) in [4.78, 5) is 11.8. The van der Waals surface area contributed by atoms with E-state index in [-0.39, 0.29) is 36.5 Å². The van der Waals surface area contributed by atoms with Crippen molar-refractivity contribution in [3.8, 4) is 0 Å². The van der Waals surface area contributed by atoms with Gasteiger partial charge < -0.3 is 15.7 Å². The van der Waals surface area contributed by atoms with Crippen LogP contribution in [0.15, 0.2) is 24.3 Å². The van der Waals surface area contributed by atoms with Crippen LogP contribution in [0.25, 0.3) is 0 Å². The average molecular weight is 282 g/mol. The molecule has 0 aromatic heterocycles. The Morgan fingerprint density at radius 3 is 2.55 bits per heavy atom. The lowest BCUT2D eigenvalue weighted by Crippen LogP contribution is -2.49. The van der Waals surface area contributed by atoms with Crippen molar-refractivity contribution in [1.29, 1.82) is 0 Å². The molecular weight excluding hydrogens is 259 g/mol. The van der Waals surface area contributed by atoms with Crippen LogP contribution in [-0.4, -0.2) is 29.8 Å². The van der Waals surface area contributed by atoms with Gasteiger partial charge in [-0.1, -0.05) is 26.0 Å². The fraction of sp³-hybridized carbons (Fsp3) is 0.533. The average Bonchev–Trinajstić information content (AvgIpc) is 2.35. The monoisotopic (exact) mass is 282 g/mol. The molecule has 4 nitrogen and oxygen atoms in total. The predicted octanol–water partition coefficient (Wildman–Crippen LogP) is 2.07. The van der Waals surface area contributed by atoms with E-state index < -0.39 is 0 Å². The second kappa shape index (κ2) is 7.85. The Kier molecular flexibility index (Phi) is 6.45. The second-order valence-electron chi connectivity index (χ2n) is 5.39. The highest BCUT2D eigenvalue weighted by molar-refractivity contribution is 5.74. The highest BCUT2D eigenvalue weighted by Gasteiger charge is 2.16. The molecule has 1 unspecified atom stereocenters. The third-order valence-electron chi connectivity index (χ3n) is 3.13. The van der Waals surface area contributed by atoms with E-state index in [2.05, 4.69) is 10.6 Å². The zero-order valence-corrected chi connectivity index (χ0v) is 12.2. The molecule has 1 rings (SSSR count). The van der Waals surface area contributed by atoms with Gasteiger partial charge in [0.25, 0.3) is 0 Å². The van der Waals surface area contributed by atoms with Crippen molar-refractivity contribution >= 4 is 6.03 Å². The molecule has 1 aromatic rings. The second-order valence-corrected chi connectivity index (χ2v) is 5.39. The summed E-state index contributed by atoms with van der Waals surface area (Å²) in [5, 5.41) is 14.7. The molecule has 0 heterocycles. The van der Waals surface area contributed by atoms with E-state index in [4.69, 9.17) is 5.11 Å². The van der Waals surface area contributed by atoms with Gasteiger partial charge in [0.1, 0.15) is 5.82 Å². The first-order chi connectivity index (χ1) is 9.42. The highest BCUT2D eigenvalue weighted by Crippen LogP contribution is 2.06. The van der Waals surface area contributed by atoms with Gasteiger partial charge in [0, 0.05) is 6.04 Å². The van der Waals surface area contributed by atoms with Gasteiger partial charge in [-0.25, -0.2) is 9.18 Å². The minimum Gasteiger partial charge on any atom is -0.394 e. The lowest BCUT2D eigenvalue weighted by molar-refractivity contribution is 0.196. The molecule has 0 fully saturated rings. The van der Waals surface area contributed by atoms with Crippen LogP contribution in [0, 0.1) is 11.7 Å². The number of benzene rings is 1. The standard InChI is InChI=1S/C15H23FN2O2/c1-10(2)14(9-19)18-15(20)17-11(3)7-12-5-4-6-13(16)8-12/h4-6,8,10-11,14,19H,7,9H2,1-3H3,(H2,17,18,20)/t11?,14-/m1/s1. The summed E-state index contributed by atoms with van der Waals surface area (Å²) in [6, 6.07) is 5.62. The number of carbonyl (C=O) groups excluding carboxylic acids is 1. The van der Waals surface area contributed by atoms with Crippen LogP contribution in [0.5, 0.6) is 0 Å². The van der Waals surface area contributed by atoms with Crippen LogP contribution in [0.2, 0.25) is 0 Å². The van der Waals surface area contributed by atoms with Gasteiger partial charge in [-0.2, -0.15) is 0 Å². The molecule has 0 aliphatic rings. The summed E-state index contributed by atoms with van der Waals surface area (Å²) < 4.78 is 13.1. The lowest BCUT2D eigenvalue weighted by atomic mass is 10.1. The number of nitrogens with one attached hydrogen (secondary N) is 2. The predicted molar refractivity (Wildman–Crippen MR) is 76.9 cm³/mol. The molecule has 1 aromatic carbocycles. The van der Waals surface area contributed by atoms with Crippen molar-refractivity contribution < 1.29 is 14.3 Å². The van der Waals surface area contributed by atoms with Crippen molar-refractivity contribution in [2.24, 2.45) is 5.92 Å². The Morgan fingerprint density at radius 2 is 2.00 bits per heavy atom. The third kappa shape index (κ3) is 5.57. The number of aliphatic hydroxyl groups excluding tert-OH is 1. The molecule has 3 N–H and O–H groups in total. The van der Waals surface area contributed by atoms with Crippen molar-refractivity contribution in [3.05, 3.63) is 35.6 Å². The number of urea groups is 1. The number of hydrogen-bond acceptors (Lipinski definition) is 2. The van der Waals surface area contributed by atoms with Gasteiger partial charge in [-0.3, -0.25) is 0 Å². The van der Waals surface area contributed by atoms with Crippen LogP contribution in [0.3, 0.4) is 0 Å². The quantitative estimate of drug-likeness (QED) is 0.748. The molecule has 0 saturated heterocycles. The Morgan fingerprint density at radius 1 is 1.30 bits per heavy atom. The molecule has 20 heavy (non-hydrogen) atoms. The summed E-state index contributed by atoms with van der Waals surface area (Å²) in [5.41, 5.74) is 0.834. The number of aliphatic hydroxyl groups is 1. The number of carbonyl (C=O) groups is 1. The summed E-state index contributed by atoms with van der Waals surface area (Å²) in [6.07, 6.45) is 0.552. The molecule has 0 aliphatic heterocycles. The normalized spacial score (nSPS) is 13.9. The fourth-order valence-corrected chi connectivity index (χ4v) is 1.93. The lowest BCUT2D eigenvalue weighted by Gasteiger charge is -2.22. The number of halogens is 1. The highest BCUT2D eigenvalue weighted by atomic mass is 19.1. The van der Waals surface area contributed by atoms with Crippen molar-refractivity contribution in [1.82, 2.24) is 10.6 Å². The maximum absolute atomic E-state index is 13.1. The molecule has 0 radical (unpaired) electrons. The van der Waals surface area contributed by atoms with E-state index >= 15 is 0 Å². The molecular formula is C15H23FN2O2. The Bertz CT molecular complexity index is 438. The van der Waals surface area contributed by atoms with Gasteiger partial charge in [0.2, 0.25) is 0 Å². The largest absolute Gasteiger partial charge is 0.394 e. The van der Waals surface area contributed by atoms with E-state index in [1.54, 1.807) is 6.07 Å². The van der Waals surface area contributed by atoms with Gasteiger partial charge in [-0.05, 0) is 37.0 Å². The minimum atomic E-state index is -0.318. The maximum atomic E-state index is 13.1. The van der Waals surface area contributed by atoms with Gasteiger partial charge in [0.15, 0.2) is 0 Å². The van der Waals surface area contributed by atoms with Crippen molar-refractivity contribution in [3.63, 3.8) is 0 Å². The van der Waals surface area contributed by atoms with E-state index in [0.717, 1.165) is 5.56 Å². The van der Waals surface area contributed by atoms with E-state index in [0.29, 0.717) is 6.42 Å². The molecule has 5 heteroatoms. The van der Waals surface area contributed by atoms with Gasteiger partial charge >= 0.3 is 6.03 Å². The van der Waals surface area contributed by atoms with Crippen molar-refractivity contribution in [2.45, 2.75) is 39.3 Å². The zero-order valence-electron chi connectivity index (χ0n) is 12.2.